The van der Waals surface area contributed by atoms with E-state index < -0.39 is 0 Å². The van der Waals surface area contributed by atoms with Gasteiger partial charge in [-0.1, -0.05) is 28.1 Å². The van der Waals surface area contributed by atoms with E-state index in [0.717, 1.165) is 17.6 Å². The number of hydrogen-bond acceptors (Lipinski definition) is 2. The largest absolute Gasteiger partial charge is 0.307 e. The molecular formula is C12H12BrN3. The van der Waals surface area contributed by atoms with Gasteiger partial charge in [-0.25, -0.2) is 0 Å². The monoisotopic (exact) mass is 277 g/mol. The lowest BCUT2D eigenvalue weighted by Gasteiger charge is -2.05. The van der Waals surface area contributed by atoms with Crippen molar-refractivity contribution in [1.82, 2.24) is 15.1 Å². The van der Waals surface area contributed by atoms with Crippen molar-refractivity contribution in [2.24, 2.45) is 7.05 Å². The van der Waals surface area contributed by atoms with Crippen LogP contribution in [0.5, 0.6) is 0 Å². The normalized spacial score (nSPS) is 14.1. The fraction of sp³-hybridized carbons (Fsp3) is 0.250. The van der Waals surface area contributed by atoms with Crippen molar-refractivity contribution in [1.29, 1.82) is 0 Å². The van der Waals surface area contributed by atoms with Crippen LogP contribution in [0.2, 0.25) is 0 Å². The first-order valence-corrected chi connectivity index (χ1v) is 6.06. The number of halogens is 1. The number of benzene rings is 1. The Morgan fingerprint density at radius 1 is 1.38 bits per heavy atom. The highest BCUT2D eigenvalue weighted by molar-refractivity contribution is 9.10. The van der Waals surface area contributed by atoms with E-state index >= 15 is 0 Å². The highest BCUT2D eigenvalue weighted by Gasteiger charge is 2.21. The van der Waals surface area contributed by atoms with Crippen LogP contribution in [0, 0.1) is 0 Å². The lowest BCUT2D eigenvalue weighted by molar-refractivity contribution is 0.693. The van der Waals surface area contributed by atoms with Crippen molar-refractivity contribution < 1.29 is 0 Å². The summed E-state index contributed by atoms with van der Waals surface area (Å²) in [5.74, 6) is 0. The number of hydrogen-bond donors (Lipinski definition) is 1. The first-order chi connectivity index (χ1) is 7.75. The maximum Gasteiger partial charge on any atom is 0.0814 e. The van der Waals surface area contributed by atoms with Crippen LogP contribution in [-0.4, -0.2) is 9.78 Å². The smallest absolute Gasteiger partial charge is 0.0814 e. The van der Waals surface area contributed by atoms with Gasteiger partial charge in [0.2, 0.25) is 0 Å². The van der Waals surface area contributed by atoms with Gasteiger partial charge in [-0.05, 0) is 12.1 Å². The van der Waals surface area contributed by atoms with Crippen LogP contribution in [0.15, 0.2) is 28.7 Å². The molecule has 82 valence electrons. The van der Waals surface area contributed by atoms with Gasteiger partial charge in [0.25, 0.3) is 0 Å². The average Bonchev–Trinajstić information content (AvgIpc) is 2.76. The van der Waals surface area contributed by atoms with E-state index in [4.69, 9.17) is 0 Å². The summed E-state index contributed by atoms with van der Waals surface area (Å²) in [6.07, 6.45) is 0. The molecule has 1 aliphatic rings. The highest BCUT2D eigenvalue weighted by Crippen LogP contribution is 2.29. The molecule has 16 heavy (non-hydrogen) atoms. The molecule has 2 aromatic rings. The third-order valence-electron chi connectivity index (χ3n) is 2.92. The molecule has 0 radical (unpaired) electrons. The lowest BCUT2D eigenvalue weighted by Crippen LogP contribution is -2.06. The van der Waals surface area contributed by atoms with Crippen LogP contribution in [-0.2, 0) is 20.1 Å². The van der Waals surface area contributed by atoms with E-state index in [1.807, 2.05) is 17.8 Å². The van der Waals surface area contributed by atoms with Crippen molar-refractivity contribution in [2.45, 2.75) is 13.1 Å². The minimum atomic E-state index is 0.886. The number of nitrogens with one attached hydrogen (secondary N) is 1. The Bertz CT molecular complexity index is 545. The van der Waals surface area contributed by atoms with Crippen molar-refractivity contribution in [2.75, 3.05) is 0 Å². The molecule has 0 aliphatic carbocycles. The fourth-order valence-corrected chi connectivity index (χ4v) is 2.65. The topological polar surface area (TPSA) is 29.9 Å². The number of aryl methyl sites for hydroxylation is 1. The summed E-state index contributed by atoms with van der Waals surface area (Å²) < 4.78 is 3.08. The second-order valence-corrected chi connectivity index (χ2v) is 4.93. The Balaban J connectivity index is 2.19. The van der Waals surface area contributed by atoms with Gasteiger partial charge in [0.15, 0.2) is 0 Å². The third kappa shape index (κ3) is 1.49. The van der Waals surface area contributed by atoms with Crippen LogP contribution in [0.3, 0.4) is 0 Å². The summed E-state index contributed by atoms with van der Waals surface area (Å²) in [7, 11) is 2.01. The fourth-order valence-electron chi connectivity index (χ4n) is 2.25. The summed E-state index contributed by atoms with van der Waals surface area (Å²) in [4.78, 5) is 0. The molecule has 3 rings (SSSR count). The molecule has 1 aliphatic heterocycles. The summed E-state index contributed by atoms with van der Waals surface area (Å²) in [6, 6.07) is 8.36. The summed E-state index contributed by atoms with van der Waals surface area (Å²) in [5.41, 5.74) is 4.95. The first-order valence-electron chi connectivity index (χ1n) is 5.27. The zero-order valence-electron chi connectivity index (χ0n) is 9.00. The van der Waals surface area contributed by atoms with E-state index in [0.29, 0.717) is 0 Å². The molecule has 1 aromatic heterocycles. The lowest BCUT2D eigenvalue weighted by atomic mass is 10.1. The molecule has 0 atom stereocenters. The number of rotatable bonds is 1. The van der Waals surface area contributed by atoms with Crippen LogP contribution in [0.25, 0.3) is 11.3 Å². The molecule has 0 saturated heterocycles. The number of nitrogens with zero attached hydrogens (tertiary/aromatic N) is 2. The second kappa shape index (κ2) is 3.71. The Labute approximate surface area is 103 Å². The minimum Gasteiger partial charge on any atom is -0.307 e. The predicted molar refractivity (Wildman–Crippen MR) is 66.9 cm³/mol. The van der Waals surface area contributed by atoms with E-state index in [1.165, 1.54) is 22.5 Å². The molecule has 0 amide bonds. The van der Waals surface area contributed by atoms with Gasteiger partial charge in [0, 0.05) is 35.7 Å². The van der Waals surface area contributed by atoms with E-state index in [2.05, 4.69) is 44.5 Å². The zero-order chi connectivity index (χ0) is 11.1. The number of fused-ring (bicyclic) bond motifs is 1. The molecule has 1 N–H and O–H groups in total. The van der Waals surface area contributed by atoms with Gasteiger partial charge >= 0.3 is 0 Å². The van der Waals surface area contributed by atoms with Crippen LogP contribution < -0.4 is 5.32 Å². The molecule has 2 heterocycles. The summed E-state index contributed by atoms with van der Waals surface area (Å²) >= 11 is 3.51. The Morgan fingerprint density at radius 2 is 2.25 bits per heavy atom. The molecular weight excluding hydrogens is 266 g/mol. The van der Waals surface area contributed by atoms with Gasteiger partial charge in [0.05, 0.1) is 11.4 Å². The zero-order valence-corrected chi connectivity index (χ0v) is 10.6. The summed E-state index contributed by atoms with van der Waals surface area (Å²) in [5, 5.41) is 7.87. The quantitative estimate of drug-likeness (QED) is 0.868. The number of aromatic nitrogens is 2. The predicted octanol–water partition coefficient (Wildman–Crippen LogP) is 2.45. The van der Waals surface area contributed by atoms with E-state index in [1.54, 1.807) is 0 Å². The van der Waals surface area contributed by atoms with E-state index in [-0.39, 0.29) is 0 Å². The molecule has 0 unspecified atom stereocenters. The molecule has 0 fully saturated rings. The minimum absolute atomic E-state index is 0.886. The summed E-state index contributed by atoms with van der Waals surface area (Å²) in [6.45, 7) is 1.81. The van der Waals surface area contributed by atoms with Gasteiger partial charge in [-0.15, -0.1) is 0 Å². The standard InChI is InChI=1S/C12H12BrN3/c1-16-12(8-3-2-4-9(13)5-8)10-6-14-7-11(10)15-16/h2-5,14H,6-7H2,1H3. The van der Waals surface area contributed by atoms with Gasteiger partial charge in [-0.2, -0.15) is 5.10 Å². The molecule has 3 nitrogen and oxygen atoms in total. The SMILES string of the molecule is Cn1nc2c(c1-c1cccc(Br)c1)CNC2. The molecule has 4 heteroatoms. The molecule has 0 bridgehead atoms. The van der Waals surface area contributed by atoms with Crippen molar-refractivity contribution in [3.8, 4) is 11.3 Å². The van der Waals surface area contributed by atoms with Crippen LogP contribution >= 0.6 is 15.9 Å². The Kier molecular flexibility index (Phi) is 2.33. The second-order valence-electron chi connectivity index (χ2n) is 4.01. The third-order valence-corrected chi connectivity index (χ3v) is 3.41. The van der Waals surface area contributed by atoms with Gasteiger partial charge in [0.1, 0.15) is 0 Å². The first kappa shape index (κ1) is 10.1. The molecule has 0 saturated carbocycles. The Hall–Kier alpha value is -1.13. The van der Waals surface area contributed by atoms with Crippen molar-refractivity contribution >= 4 is 15.9 Å². The van der Waals surface area contributed by atoms with Crippen LogP contribution in [0.4, 0.5) is 0 Å². The van der Waals surface area contributed by atoms with Gasteiger partial charge < -0.3 is 5.32 Å². The maximum atomic E-state index is 4.54. The Morgan fingerprint density at radius 3 is 3.06 bits per heavy atom. The van der Waals surface area contributed by atoms with Gasteiger partial charge in [-0.3, -0.25) is 4.68 Å². The molecule has 1 aromatic carbocycles. The van der Waals surface area contributed by atoms with E-state index in [9.17, 15) is 0 Å². The van der Waals surface area contributed by atoms with Crippen molar-refractivity contribution in [3.63, 3.8) is 0 Å². The average molecular weight is 278 g/mol. The highest BCUT2D eigenvalue weighted by atomic mass is 79.9. The maximum absolute atomic E-state index is 4.54. The van der Waals surface area contributed by atoms with Crippen molar-refractivity contribution in [3.05, 3.63) is 40.0 Å². The van der Waals surface area contributed by atoms with Crippen LogP contribution in [0.1, 0.15) is 11.3 Å². The molecule has 0 spiro atoms.